The summed E-state index contributed by atoms with van der Waals surface area (Å²) >= 11 is 0. The van der Waals surface area contributed by atoms with Crippen LogP contribution in [0.2, 0.25) is 0 Å². The first-order valence-corrected chi connectivity index (χ1v) is 11.6. The molecule has 0 bridgehead atoms. The number of carbonyl (C=O) groups is 2. The number of aliphatic hydroxyl groups is 1. The normalized spacial score (nSPS) is 21.0. The molecular formula is C27H27N3O5. The van der Waals surface area contributed by atoms with Crippen LogP contribution in [0.25, 0.3) is 17.0 Å². The molecule has 8 nitrogen and oxygen atoms in total. The van der Waals surface area contributed by atoms with Crippen molar-refractivity contribution in [2.24, 2.45) is 5.92 Å². The van der Waals surface area contributed by atoms with Crippen molar-refractivity contribution in [3.05, 3.63) is 72.0 Å². The summed E-state index contributed by atoms with van der Waals surface area (Å²) < 4.78 is 10.1. The zero-order chi connectivity index (χ0) is 24.5. The summed E-state index contributed by atoms with van der Waals surface area (Å²) in [6, 6.07) is 15.4. The maximum Gasteiger partial charge on any atom is 0.299 e. The standard InChI is InChI=1S/C27H27N3O5/c1-29-14-11-18(12-15-29)24-23(25(31)19-5-9-21(34-2)10-6-19)26(32)27(33)30(24)20-7-3-17(4-8-20)22-13-16-35-28-22/h3-10,13,16,18,24,31H,11-12,14-15H2,1-2H3/b25-23-. The topological polar surface area (TPSA) is 96.1 Å². The molecule has 1 atom stereocenters. The number of hydrogen-bond acceptors (Lipinski definition) is 7. The molecule has 2 aliphatic heterocycles. The third-order valence-corrected chi connectivity index (χ3v) is 6.94. The van der Waals surface area contributed by atoms with E-state index in [4.69, 9.17) is 9.26 Å². The monoisotopic (exact) mass is 473 g/mol. The first-order chi connectivity index (χ1) is 17.0. The van der Waals surface area contributed by atoms with Crippen LogP contribution in [-0.2, 0) is 9.59 Å². The number of amides is 1. The van der Waals surface area contributed by atoms with Crippen molar-refractivity contribution in [2.45, 2.75) is 18.9 Å². The summed E-state index contributed by atoms with van der Waals surface area (Å²) in [6.07, 6.45) is 3.13. The fraction of sp³-hybridized carbons (Fsp3) is 0.296. The fourth-order valence-electron chi connectivity index (χ4n) is 4.99. The van der Waals surface area contributed by atoms with Crippen LogP contribution in [-0.4, -0.2) is 60.1 Å². The molecule has 2 aromatic carbocycles. The Morgan fingerprint density at radius 3 is 2.31 bits per heavy atom. The van der Waals surface area contributed by atoms with Crippen LogP contribution in [0.3, 0.4) is 0 Å². The predicted molar refractivity (Wildman–Crippen MR) is 131 cm³/mol. The second kappa shape index (κ2) is 9.38. The van der Waals surface area contributed by atoms with Gasteiger partial charge in [0.2, 0.25) is 0 Å². The third kappa shape index (κ3) is 4.21. The highest BCUT2D eigenvalue weighted by Crippen LogP contribution is 2.40. The van der Waals surface area contributed by atoms with Gasteiger partial charge in [-0.15, -0.1) is 0 Å². The van der Waals surface area contributed by atoms with Gasteiger partial charge in [-0.1, -0.05) is 17.3 Å². The van der Waals surface area contributed by atoms with E-state index >= 15 is 0 Å². The van der Waals surface area contributed by atoms with Gasteiger partial charge in [-0.2, -0.15) is 0 Å². The molecule has 1 aromatic heterocycles. The van der Waals surface area contributed by atoms with E-state index in [1.54, 1.807) is 42.3 Å². The molecule has 1 N–H and O–H groups in total. The van der Waals surface area contributed by atoms with E-state index in [2.05, 4.69) is 17.1 Å². The third-order valence-electron chi connectivity index (χ3n) is 6.94. The van der Waals surface area contributed by atoms with Gasteiger partial charge >= 0.3 is 0 Å². The van der Waals surface area contributed by atoms with Gasteiger partial charge in [-0.3, -0.25) is 14.5 Å². The molecule has 0 saturated carbocycles. The van der Waals surface area contributed by atoms with E-state index in [0.717, 1.165) is 31.5 Å². The van der Waals surface area contributed by atoms with Crippen molar-refractivity contribution >= 4 is 23.1 Å². The summed E-state index contributed by atoms with van der Waals surface area (Å²) in [7, 11) is 3.63. The molecule has 8 heteroatoms. The van der Waals surface area contributed by atoms with Crippen molar-refractivity contribution in [1.82, 2.24) is 10.1 Å². The van der Waals surface area contributed by atoms with Crippen LogP contribution in [0.4, 0.5) is 5.69 Å². The van der Waals surface area contributed by atoms with Crippen LogP contribution in [0.1, 0.15) is 18.4 Å². The number of methoxy groups -OCH3 is 1. The SMILES string of the molecule is COc1ccc(/C(O)=C2/C(=O)C(=O)N(c3ccc(-c4ccon4)cc3)C2C2CCN(C)CC2)cc1. The molecule has 0 aliphatic carbocycles. The van der Waals surface area contributed by atoms with Crippen LogP contribution in [0.5, 0.6) is 5.75 Å². The smallest absolute Gasteiger partial charge is 0.299 e. The van der Waals surface area contributed by atoms with Gasteiger partial charge in [-0.25, -0.2) is 0 Å². The largest absolute Gasteiger partial charge is 0.507 e. The Bertz CT molecular complexity index is 1240. The second-order valence-electron chi connectivity index (χ2n) is 9.01. The van der Waals surface area contributed by atoms with Crippen LogP contribution < -0.4 is 9.64 Å². The fourth-order valence-corrected chi connectivity index (χ4v) is 4.99. The lowest BCUT2D eigenvalue weighted by Gasteiger charge is -2.37. The number of rotatable bonds is 5. The quantitative estimate of drug-likeness (QED) is 0.341. The maximum absolute atomic E-state index is 13.4. The second-order valence-corrected chi connectivity index (χ2v) is 9.01. The Morgan fingerprint density at radius 2 is 1.71 bits per heavy atom. The van der Waals surface area contributed by atoms with Gasteiger partial charge in [0.1, 0.15) is 23.5 Å². The number of ether oxygens (including phenoxy) is 1. The highest BCUT2D eigenvalue weighted by atomic mass is 16.5. The number of aromatic nitrogens is 1. The Morgan fingerprint density at radius 1 is 1.03 bits per heavy atom. The molecule has 1 amide bonds. The van der Waals surface area contributed by atoms with Crippen LogP contribution >= 0.6 is 0 Å². The maximum atomic E-state index is 13.4. The van der Waals surface area contributed by atoms with Gasteiger partial charge < -0.3 is 19.3 Å². The number of anilines is 1. The van der Waals surface area contributed by atoms with Gasteiger partial charge in [0.05, 0.1) is 18.7 Å². The minimum Gasteiger partial charge on any atom is -0.507 e. The van der Waals surface area contributed by atoms with Crippen molar-refractivity contribution in [2.75, 3.05) is 32.1 Å². The van der Waals surface area contributed by atoms with E-state index in [0.29, 0.717) is 22.7 Å². The summed E-state index contributed by atoms with van der Waals surface area (Å²) in [6.45, 7) is 1.72. The van der Waals surface area contributed by atoms with E-state index < -0.39 is 17.7 Å². The number of likely N-dealkylation sites (tertiary alicyclic amines) is 1. The number of piperidine rings is 1. The number of Topliss-reactive ketones (excluding diaryl/α,β-unsaturated/α-hetero) is 1. The molecular weight excluding hydrogens is 446 g/mol. The molecule has 5 rings (SSSR count). The predicted octanol–water partition coefficient (Wildman–Crippen LogP) is 3.95. The zero-order valence-electron chi connectivity index (χ0n) is 19.7. The summed E-state index contributed by atoms with van der Waals surface area (Å²) in [5.41, 5.74) is 2.77. The zero-order valence-corrected chi connectivity index (χ0v) is 19.7. The number of ketones is 1. The van der Waals surface area contributed by atoms with E-state index in [1.807, 2.05) is 24.3 Å². The Labute approximate surface area is 203 Å². The van der Waals surface area contributed by atoms with Crippen molar-refractivity contribution in [3.63, 3.8) is 0 Å². The van der Waals surface area contributed by atoms with Gasteiger partial charge in [0.25, 0.3) is 11.7 Å². The summed E-state index contributed by atoms with van der Waals surface area (Å²) in [4.78, 5) is 30.5. The van der Waals surface area contributed by atoms with E-state index in [9.17, 15) is 14.7 Å². The molecule has 0 radical (unpaired) electrons. The van der Waals surface area contributed by atoms with Crippen molar-refractivity contribution in [3.8, 4) is 17.0 Å². The summed E-state index contributed by atoms with van der Waals surface area (Å²) in [5, 5.41) is 15.2. The number of hydrogen-bond donors (Lipinski definition) is 1. The van der Waals surface area contributed by atoms with Gasteiger partial charge in [0.15, 0.2) is 0 Å². The molecule has 0 spiro atoms. The molecule has 2 saturated heterocycles. The lowest BCUT2D eigenvalue weighted by molar-refractivity contribution is -0.132. The highest BCUT2D eigenvalue weighted by molar-refractivity contribution is 6.51. The Hall–Kier alpha value is -3.91. The van der Waals surface area contributed by atoms with Gasteiger partial charge in [-0.05, 0) is 75.3 Å². The molecule has 35 heavy (non-hydrogen) atoms. The molecule has 3 aromatic rings. The number of carbonyl (C=O) groups excluding carboxylic acids is 2. The first-order valence-electron chi connectivity index (χ1n) is 11.6. The molecule has 3 heterocycles. The van der Waals surface area contributed by atoms with Crippen molar-refractivity contribution in [1.29, 1.82) is 0 Å². The molecule has 2 fully saturated rings. The van der Waals surface area contributed by atoms with Gasteiger partial charge in [0, 0.05) is 22.9 Å². The Kier molecular flexibility index (Phi) is 6.13. The lowest BCUT2D eigenvalue weighted by atomic mass is 9.84. The molecule has 1 unspecified atom stereocenters. The lowest BCUT2D eigenvalue weighted by Crippen LogP contribution is -2.44. The molecule has 180 valence electrons. The number of aliphatic hydroxyl groups excluding tert-OH is 1. The molecule has 2 aliphatic rings. The minimum atomic E-state index is -0.664. The highest BCUT2D eigenvalue weighted by Gasteiger charge is 2.49. The van der Waals surface area contributed by atoms with Crippen LogP contribution in [0, 0.1) is 5.92 Å². The number of nitrogens with zero attached hydrogens (tertiary/aromatic N) is 3. The first kappa shape index (κ1) is 22.9. The van der Waals surface area contributed by atoms with E-state index in [-0.39, 0.29) is 17.3 Å². The number of benzene rings is 2. The van der Waals surface area contributed by atoms with Crippen LogP contribution in [0.15, 0.2) is 71.0 Å². The average molecular weight is 474 g/mol. The van der Waals surface area contributed by atoms with E-state index in [1.165, 1.54) is 6.26 Å². The van der Waals surface area contributed by atoms with Crippen molar-refractivity contribution < 1.29 is 24.0 Å². The summed E-state index contributed by atoms with van der Waals surface area (Å²) in [5.74, 6) is -0.772. The average Bonchev–Trinajstić information content (AvgIpc) is 3.52. The minimum absolute atomic E-state index is 0.0345. The Balaban J connectivity index is 1.57.